The Balaban J connectivity index is 2.16. The minimum Gasteiger partial charge on any atom is -0.391 e. The Morgan fingerprint density at radius 1 is 1.44 bits per heavy atom. The van der Waals surface area contributed by atoms with Crippen molar-refractivity contribution in [1.82, 2.24) is 9.78 Å². The lowest BCUT2D eigenvalue weighted by Gasteiger charge is -2.01. The van der Waals surface area contributed by atoms with Gasteiger partial charge in [0, 0.05) is 5.69 Å². The van der Waals surface area contributed by atoms with Crippen molar-refractivity contribution >= 4 is 23.5 Å². The molecule has 0 radical (unpaired) electrons. The van der Waals surface area contributed by atoms with Crippen molar-refractivity contribution in [3.63, 3.8) is 0 Å². The Hall–Kier alpha value is -2.02. The van der Waals surface area contributed by atoms with E-state index in [1.54, 1.807) is 24.3 Å². The third kappa shape index (κ3) is 2.80. The normalized spacial score (nSPS) is 10.3. The fraction of sp³-hybridized carbons (Fsp3) is 0.182. The van der Waals surface area contributed by atoms with Crippen molar-refractivity contribution in [1.29, 1.82) is 0 Å². The zero-order chi connectivity index (χ0) is 13.0. The quantitative estimate of drug-likeness (QED) is 0.915. The lowest BCUT2D eigenvalue weighted by molar-refractivity contribution is 0.249. The molecule has 6 nitrogen and oxygen atoms in total. The van der Waals surface area contributed by atoms with Gasteiger partial charge >= 0.3 is 11.8 Å². The van der Waals surface area contributed by atoms with Gasteiger partial charge in [-0.25, -0.2) is 9.59 Å². The molecule has 0 unspecified atom stereocenters. The average molecular weight is 265 g/mol. The SMILES string of the molecule is CSCc1nn(C(=O)Nc2ccccc2)c(=O)o1. The van der Waals surface area contributed by atoms with Crippen molar-refractivity contribution in [2.75, 3.05) is 11.6 Å². The van der Waals surface area contributed by atoms with Crippen LogP contribution in [-0.2, 0) is 5.75 Å². The van der Waals surface area contributed by atoms with E-state index in [1.165, 1.54) is 11.8 Å². The van der Waals surface area contributed by atoms with Crippen LogP contribution in [0.2, 0.25) is 0 Å². The summed E-state index contributed by atoms with van der Waals surface area (Å²) in [6.07, 6.45) is 1.85. The molecule has 0 aliphatic carbocycles. The number of anilines is 1. The largest absolute Gasteiger partial charge is 0.446 e. The first-order valence-corrected chi connectivity index (χ1v) is 6.54. The minimum atomic E-state index is -0.785. The summed E-state index contributed by atoms with van der Waals surface area (Å²) in [6, 6.07) is 8.18. The van der Waals surface area contributed by atoms with Crippen molar-refractivity contribution < 1.29 is 9.21 Å². The number of benzene rings is 1. The predicted octanol–water partition coefficient (Wildman–Crippen LogP) is 1.78. The van der Waals surface area contributed by atoms with E-state index in [2.05, 4.69) is 10.4 Å². The molecule has 1 aromatic heterocycles. The molecule has 2 rings (SSSR count). The molecule has 2 aromatic rings. The highest BCUT2D eigenvalue weighted by atomic mass is 32.2. The standard InChI is InChI=1S/C11H11N3O3S/c1-18-7-9-13-14(11(16)17-9)10(15)12-8-5-3-2-4-6-8/h2-6H,7H2,1H3,(H,12,15). The topological polar surface area (TPSA) is 77.1 Å². The molecule has 0 aliphatic heterocycles. The van der Waals surface area contributed by atoms with Crippen molar-refractivity contribution in [2.24, 2.45) is 0 Å². The molecule has 0 spiro atoms. The van der Waals surface area contributed by atoms with Gasteiger partial charge in [-0.05, 0) is 18.4 Å². The molecule has 94 valence electrons. The fourth-order valence-electron chi connectivity index (χ4n) is 1.32. The van der Waals surface area contributed by atoms with E-state index < -0.39 is 11.8 Å². The number of hydrogen-bond acceptors (Lipinski definition) is 5. The zero-order valence-electron chi connectivity index (χ0n) is 9.62. The van der Waals surface area contributed by atoms with Crippen molar-refractivity contribution in [2.45, 2.75) is 5.75 Å². The Labute approximate surface area is 107 Å². The highest BCUT2D eigenvalue weighted by Crippen LogP contribution is 2.06. The van der Waals surface area contributed by atoms with Crippen LogP contribution in [0.4, 0.5) is 10.5 Å². The number of nitrogens with zero attached hydrogens (tertiary/aromatic N) is 2. The second-order valence-electron chi connectivity index (χ2n) is 3.40. The summed E-state index contributed by atoms with van der Waals surface area (Å²) in [5, 5.41) is 6.35. The smallest absolute Gasteiger partial charge is 0.391 e. The van der Waals surface area contributed by atoms with Crippen LogP contribution in [0.5, 0.6) is 0 Å². The first-order valence-electron chi connectivity index (χ1n) is 5.15. The summed E-state index contributed by atoms with van der Waals surface area (Å²) in [6.45, 7) is 0. The number of para-hydroxylation sites is 1. The first kappa shape index (κ1) is 12.4. The third-order valence-corrected chi connectivity index (χ3v) is 2.61. The summed E-state index contributed by atoms with van der Waals surface area (Å²) in [5.74, 6) is -0.107. The summed E-state index contributed by atoms with van der Waals surface area (Å²) >= 11 is 1.45. The van der Waals surface area contributed by atoms with Crippen LogP contribution in [-0.4, -0.2) is 22.1 Å². The molecule has 0 atom stereocenters. The number of carbonyl (C=O) groups excluding carboxylic acids is 1. The highest BCUT2D eigenvalue weighted by molar-refractivity contribution is 7.97. The number of nitrogens with one attached hydrogen (secondary N) is 1. The molecule has 1 heterocycles. The van der Waals surface area contributed by atoms with E-state index in [1.807, 2.05) is 12.3 Å². The lowest BCUT2D eigenvalue weighted by Crippen LogP contribution is -2.29. The van der Waals surface area contributed by atoms with Crippen LogP contribution >= 0.6 is 11.8 Å². The summed E-state index contributed by atoms with van der Waals surface area (Å²) in [4.78, 5) is 23.2. The second-order valence-corrected chi connectivity index (χ2v) is 4.27. The molecule has 0 fully saturated rings. The maximum atomic E-state index is 11.8. The molecule has 0 aliphatic rings. The van der Waals surface area contributed by atoms with Gasteiger partial charge in [0.15, 0.2) is 0 Å². The van der Waals surface area contributed by atoms with Gasteiger partial charge in [0.1, 0.15) is 0 Å². The second kappa shape index (κ2) is 5.54. The van der Waals surface area contributed by atoms with E-state index in [0.29, 0.717) is 16.1 Å². The average Bonchev–Trinajstić information content (AvgIpc) is 2.72. The van der Waals surface area contributed by atoms with E-state index in [-0.39, 0.29) is 5.89 Å². The number of thioether (sulfide) groups is 1. The van der Waals surface area contributed by atoms with E-state index in [0.717, 1.165) is 0 Å². The number of carbonyl (C=O) groups is 1. The molecule has 0 saturated heterocycles. The van der Waals surface area contributed by atoms with Crippen LogP contribution < -0.4 is 11.1 Å². The van der Waals surface area contributed by atoms with Gasteiger partial charge in [-0.1, -0.05) is 18.2 Å². The lowest BCUT2D eigenvalue weighted by atomic mass is 10.3. The minimum absolute atomic E-state index is 0.232. The summed E-state index contributed by atoms with van der Waals surface area (Å²) < 4.78 is 5.51. The van der Waals surface area contributed by atoms with Crippen LogP contribution in [0.3, 0.4) is 0 Å². The molecular weight excluding hydrogens is 254 g/mol. The molecule has 0 saturated carbocycles. The fourth-order valence-corrected chi connectivity index (χ4v) is 1.69. The Morgan fingerprint density at radius 3 is 2.83 bits per heavy atom. The maximum absolute atomic E-state index is 11.8. The molecule has 1 N–H and O–H groups in total. The summed E-state index contributed by atoms with van der Waals surface area (Å²) in [5.41, 5.74) is 0.587. The van der Waals surface area contributed by atoms with Crippen molar-refractivity contribution in [3.05, 3.63) is 46.8 Å². The Morgan fingerprint density at radius 2 is 2.17 bits per heavy atom. The van der Waals surface area contributed by atoms with Gasteiger partial charge in [-0.3, -0.25) is 0 Å². The maximum Gasteiger partial charge on any atom is 0.446 e. The van der Waals surface area contributed by atoms with Gasteiger partial charge in [-0.15, -0.1) is 9.78 Å². The number of amides is 1. The molecule has 0 bridgehead atoms. The number of rotatable bonds is 3. The Kier molecular flexibility index (Phi) is 3.83. The Bertz CT molecular complexity index is 591. The van der Waals surface area contributed by atoms with Crippen LogP contribution in [0.25, 0.3) is 0 Å². The van der Waals surface area contributed by atoms with Crippen LogP contribution in [0.1, 0.15) is 5.89 Å². The van der Waals surface area contributed by atoms with Gasteiger partial charge in [-0.2, -0.15) is 11.8 Å². The van der Waals surface area contributed by atoms with Gasteiger partial charge < -0.3 is 9.73 Å². The highest BCUT2D eigenvalue weighted by Gasteiger charge is 2.14. The molecule has 1 amide bonds. The zero-order valence-corrected chi connectivity index (χ0v) is 10.4. The molecule has 1 aromatic carbocycles. The molecular formula is C11H11N3O3S. The molecule has 18 heavy (non-hydrogen) atoms. The van der Waals surface area contributed by atoms with Crippen molar-refractivity contribution in [3.8, 4) is 0 Å². The molecule has 7 heteroatoms. The number of aromatic nitrogens is 2. The van der Waals surface area contributed by atoms with Crippen LogP contribution in [0, 0.1) is 0 Å². The predicted molar refractivity (Wildman–Crippen MR) is 68.8 cm³/mol. The third-order valence-electron chi connectivity index (χ3n) is 2.07. The number of hydrogen-bond donors (Lipinski definition) is 1. The van der Waals surface area contributed by atoms with Gasteiger partial charge in [0.25, 0.3) is 0 Å². The van der Waals surface area contributed by atoms with E-state index in [9.17, 15) is 9.59 Å². The summed E-state index contributed by atoms with van der Waals surface area (Å²) in [7, 11) is 0. The van der Waals surface area contributed by atoms with Gasteiger partial charge in [0.05, 0.1) is 5.75 Å². The van der Waals surface area contributed by atoms with Crippen LogP contribution in [0.15, 0.2) is 39.5 Å². The van der Waals surface area contributed by atoms with E-state index >= 15 is 0 Å². The van der Waals surface area contributed by atoms with Gasteiger partial charge in [0.2, 0.25) is 5.89 Å². The monoisotopic (exact) mass is 265 g/mol. The van der Waals surface area contributed by atoms with E-state index in [4.69, 9.17) is 4.42 Å². The first-order chi connectivity index (χ1) is 8.70.